The van der Waals surface area contributed by atoms with E-state index in [1.165, 1.54) is 55.7 Å². The van der Waals surface area contributed by atoms with E-state index in [1.807, 2.05) is 0 Å². The van der Waals surface area contributed by atoms with E-state index in [0.29, 0.717) is 17.0 Å². The lowest BCUT2D eigenvalue weighted by Crippen LogP contribution is -2.09. The second-order valence-electron chi connectivity index (χ2n) is 4.84. The number of methoxy groups -OCH3 is 1. The summed E-state index contributed by atoms with van der Waals surface area (Å²) < 4.78 is 34.3. The Hall–Kier alpha value is -2.87. The van der Waals surface area contributed by atoms with E-state index < -0.39 is 16.0 Å². The highest BCUT2D eigenvalue weighted by atomic mass is 32.2. The zero-order valence-corrected chi connectivity index (χ0v) is 13.8. The van der Waals surface area contributed by atoms with Crippen LogP contribution in [-0.2, 0) is 14.8 Å². The molecule has 0 fully saturated rings. The third-order valence-electron chi connectivity index (χ3n) is 2.89. The molecule has 126 valence electrons. The standard InChI is InChI=1S/C16H15NO6S/c1-22-16(19)15-10-8-13(23-15)7-9-14(18)11-3-5-12(6-4-11)17-24(2,20)21/h3-10,17H,1-2H3. The number of carbonyl (C=O) groups is 2. The Balaban J connectivity index is 2.06. The fraction of sp³-hybridized carbons (Fsp3) is 0.125. The van der Waals surface area contributed by atoms with Gasteiger partial charge < -0.3 is 9.15 Å². The van der Waals surface area contributed by atoms with E-state index in [2.05, 4.69) is 9.46 Å². The van der Waals surface area contributed by atoms with Crippen molar-refractivity contribution < 1.29 is 27.2 Å². The number of sulfonamides is 1. The average Bonchev–Trinajstić information content (AvgIpc) is 3.00. The van der Waals surface area contributed by atoms with Crippen molar-refractivity contribution in [2.75, 3.05) is 18.1 Å². The summed E-state index contributed by atoms with van der Waals surface area (Å²) in [7, 11) is -2.12. The maximum Gasteiger partial charge on any atom is 0.373 e. The average molecular weight is 349 g/mol. The van der Waals surface area contributed by atoms with Crippen molar-refractivity contribution >= 4 is 33.5 Å². The van der Waals surface area contributed by atoms with Crippen LogP contribution < -0.4 is 4.72 Å². The van der Waals surface area contributed by atoms with Crippen LogP contribution >= 0.6 is 0 Å². The molecule has 0 saturated carbocycles. The van der Waals surface area contributed by atoms with Crippen LogP contribution in [0.25, 0.3) is 6.08 Å². The van der Waals surface area contributed by atoms with Gasteiger partial charge in [0.05, 0.1) is 13.4 Å². The molecule has 1 N–H and O–H groups in total. The SMILES string of the molecule is COC(=O)c1ccc(C=CC(=O)c2ccc(NS(C)(=O)=O)cc2)o1. The summed E-state index contributed by atoms with van der Waals surface area (Å²) in [5.74, 6) is -0.522. The Kier molecular flexibility index (Phi) is 5.20. The van der Waals surface area contributed by atoms with Crippen molar-refractivity contribution in [1.29, 1.82) is 0 Å². The molecule has 24 heavy (non-hydrogen) atoms. The van der Waals surface area contributed by atoms with E-state index in [9.17, 15) is 18.0 Å². The summed E-state index contributed by atoms with van der Waals surface area (Å²) in [5.41, 5.74) is 0.747. The first-order valence-corrected chi connectivity index (χ1v) is 8.66. The molecule has 1 aromatic carbocycles. The third kappa shape index (κ3) is 4.82. The topological polar surface area (TPSA) is 103 Å². The Labute approximate surface area is 139 Å². The summed E-state index contributed by atoms with van der Waals surface area (Å²) in [6, 6.07) is 8.97. The maximum atomic E-state index is 12.1. The van der Waals surface area contributed by atoms with Crippen molar-refractivity contribution in [3.63, 3.8) is 0 Å². The van der Waals surface area contributed by atoms with Crippen molar-refractivity contribution in [3.05, 3.63) is 59.6 Å². The molecular formula is C16H15NO6S. The minimum absolute atomic E-state index is 0.0424. The molecular weight excluding hydrogens is 334 g/mol. The van der Waals surface area contributed by atoms with E-state index in [1.54, 1.807) is 0 Å². The number of esters is 1. The molecule has 0 aliphatic rings. The second-order valence-corrected chi connectivity index (χ2v) is 6.59. The van der Waals surface area contributed by atoms with Gasteiger partial charge in [0, 0.05) is 11.3 Å². The highest BCUT2D eigenvalue weighted by Gasteiger charge is 2.10. The molecule has 7 nitrogen and oxygen atoms in total. The Morgan fingerprint density at radius 2 is 1.79 bits per heavy atom. The normalized spacial score (nSPS) is 11.4. The van der Waals surface area contributed by atoms with Crippen molar-refractivity contribution in [1.82, 2.24) is 0 Å². The first-order valence-electron chi connectivity index (χ1n) is 6.77. The van der Waals surface area contributed by atoms with Gasteiger partial charge in [-0.2, -0.15) is 0 Å². The van der Waals surface area contributed by atoms with E-state index in [4.69, 9.17) is 4.42 Å². The highest BCUT2D eigenvalue weighted by Crippen LogP contribution is 2.14. The molecule has 1 heterocycles. The number of ketones is 1. The van der Waals surface area contributed by atoms with Crippen LogP contribution in [0.2, 0.25) is 0 Å². The highest BCUT2D eigenvalue weighted by molar-refractivity contribution is 7.92. The zero-order chi connectivity index (χ0) is 17.7. The van der Waals surface area contributed by atoms with Crippen LogP contribution in [0.4, 0.5) is 5.69 Å². The zero-order valence-electron chi connectivity index (χ0n) is 13.0. The van der Waals surface area contributed by atoms with Gasteiger partial charge in [0.25, 0.3) is 0 Å². The van der Waals surface area contributed by atoms with Crippen LogP contribution in [-0.4, -0.2) is 33.5 Å². The lowest BCUT2D eigenvalue weighted by Gasteiger charge is -2.03. The molecule has 1 aromatic heterocycles. The summed E-state index contributed by atoms with van der Waals surface area (Å²) in [4.78, 5) is 23.3. The fourth-order valence-corrected chi connectivity index (χ4v) is 2.39. The summed E-state index contributed by atoms with van der Waals surface area (Å²) in [6.07, 6.45) is 3.76. The van der Waals surface area contributed by atoms with E-state index in [-0.39, 0.29) is 11.5 Å². The monoisotopic (exact) mass is 349 g/mol. The molecule has 0 atom stereocenters. The van der Waals surface area contributed by atoms with Gasteiger partial charge in [0.15, 0.2) is 5.78 Å². The molecule has 0 aliphatic carbocycles. The molecule has 8 heteroatoms. The van der Waals surface area contributed by atoms with Gasteiger partial charge in [-0.3, -0.25) is 9.52 Å². The minimum atomic E-state index is -3.36. The Bertz CT molecular complexity index is 878. The van der Waals surface area contributed by atoms with Crippen molar-refractivity contribution in [3.8, 4) is 0 Å². The number of anilines is 1. The number of furan rings is 1. The fourth-order valence-electron chi connectivity index (χ4n) is 1.82. The van der Waals surface area contributed by atoms with Gasteiger partial charge in [0.2, 0.25) is 15.8 Å². The van der Waals surface area contributed by atoms with Crippen molar-refractivity contribution in [2.24, 2.45) is 0 Å². The molecule has 0 bridgehead atoms. The van der Waals surface area contributed by atoms with Crippen molar-refractivity contribution in [2.45, 2.75) is 0 Å². The summed E-state index contributed by atoms with van der Waals surface area (Å²) in [5, 5.41) is 0. The van der Waals surface area contributed by atoms with Gasteiger partial charge >= 0.3 is 5.97 Å². The third-order valence-corrected chi connectivity index (χ3v) is 3.49. The number of hydrogen-bond donors (Lipinski definition) is 1. The molecule has 0 saturated heterocycles. The van der Waals surface area contributed by atoms with E-state index in [0.717, 1.165) is 6.26 Å². The van der Waals surface area contributed by atoms with E-state index >= 15 is 0 Å². The number of rotatable bonds is 6. The molecule has 2 aromatic rings. The number of ether oxygens (including phenoxy) is 1. The predicted molar refractivity (Wildman–Crippen MR) is 88.3 cm³/mol. The lowest BCUT2D eigenvalue weighted by atomic mass is 10.1. The van der Waals surface area contributed by atoms with Gasteiger partial charge in [-0.25, -0.2) is 13.2 Å². The molecule has 0 amide bonds. The molecule has 0 spiro atoms. The molecule has 0 radical (unpaired) electrons. The number of hydrogen-bond acceptors (Lipinski definition) is 6. The molecule has 2 rings (SSSR count). The van der Waals surface area contributed by atoms with Gasteiger partial charge in [-0.1, -0.05) is 0 Å². The number of nitrogens with one attached hydrogen (secondary N) is 1. The largest absolute Gasteiger partial charge is 0.463 e. The second kappa shape index (κ2) is 7.14. The smallest absolute Gasteiger partial charge is 0.373 e. The molecule has 0 unspecified atom stereocenters. The van der Waals surface area contributed by atoms with Crippen LogP contribution in [0.5, 0.6) is 0 Å². The molecule has 0 aliphatic heterocycles. The number of benzene rings is 1. The van der Waals surface area contributed by atoms with Crippen LogP contribution in [0.1, 0.15) is 26.7 Å². The summed E-state index contributed by atoms with van der Waals surface area (Å²) >= 11 is 0. The van der Waals surface area contributed by atoms with Crippen LogP contribution in [0.15, 0.2) is 46.9 Å². The van der Waals surface area contributed by atoms with Crippen LogP contribution in [0.3, 0.4) is 0 Å². The van der Waals surface area contributed by atoms with Gasteiger partial charge in [-0.15, -0.1) is 0 Å². The van der Waals surface area contributed by atoms with Gasteiger partial charge in [0.1, 0.15) is 5.76 Å². The number of allylic oxidation sites excluding steroid dienone is 1. The Morgan fingerprint density at radius 3 is 2.38 bits per heavy atom. The van der Waals surface area contributed by atoms with Crippen LogP contribution in [0, 0.1) is 0 Å². The maximum absolute atomic E-state index is 12.1. The Morgan fingerprint density at radius 1 is 1.12 bits per heavy atom. The predicted octanol–water partition coefficient (Wildman–Crippen LogP) is 2.33. The number of carbonyl (C=O) groups excluding carboxylic acids is 2. The first kappa shape index (κ1) is 17.5. The minimum Gasteiger partial charge on any atom is -0.463 e. The quantitative estimate of drug-likeness (QED) is 0.488. The summed E-state index contributed by atoms with van der Waals surface area (Å²) in [6.45, 7) is 0. The first-order chi connectivity index (χ1) is 11.3. The van der Waals surface area contributed by atoms with Gasteiger partial charge in [-0.05, 0) is 48.6 Å². The lowest BCUT2D eigenvalue weighted by molar-refractivity contribution is 0.0564.